The standard InChI is InChI=1S/C17H19NO/c1-11-8-17(12(2)7-16(11)18)19-10-14-9-13-5-3-4-6-15(13)14/h3-8,14H,9-10,18H2,1-2H3. The molecule has 1 atom stereocenters. The molecule has 0 fully saturated rings. The molecule has 0 amide bonds. The van der Waals surface area contributed by atoms with Gasteiger partial charge in [0.05, 0.1) is 6.61 Å². The van der Waals surface area contributed by atoms with E-state index in [1.54, 1.807) is 0 Å². The zero-order chi connectivity index (χ0) is 13.4. The first-order chi connectivity index (χ1) is 9.15. The molecule has 2 aromatic rings. The quantitative estimate of drug-likeness (QED) is 0.848. The Morgan fingerprint density at radius 3 is 2.74 bits per heavy atom. The molecule has 3 rings (SSSR count). The van der Waals surface area contributed by atoms with Gasteiger partial charge >= 0.3 is 0 Å². The van der Waals surface area contributed by atoms with Gasteiger partial charge in [0.1, 0.15) is 5.75 Å². The SMILES string of the molecule is Cc1cc(OCC2Cc3ccccc32)c(C)cc1N. The Kier molecular flexibility index (Phi) is 2.94. The van der Waals surface area contributed by atoms with Gasteiger partial charge in [-0.1, -0.05) is 24.3 Å². The van der Waals surface area contributed by atoms with E-state index >= 15 is 0 Å². The van der Waals surface area contributed by atoms with Crippen LogP contribution in [0.5, 0.6) is 5.75 Å². The molecule has 0 saturated carbocycles. The van der Waals surface area contributed by atoms with Gasteiger partial charge in [-0.05, 0) is 54.7 Å². The highest BCUT2D eigenvalue weighted by Crippen LogP contribution is 2.35. The van der Waals surface area contributed by atoms with Crippen molar-refractivity contribution in [2.24, 2.45) is 0 Å². The Hall–Kier alpha value is -1.96. The van der Waals surface area contributed by atoms with E-state index in [-0.39, 0.29) is 0 Å². The van der Waals surface area contributed by atoms with Crippen molar-refractivity contribution in [3.8, 4) is 5.75 Å². The molecule has 1 unspecified atom stereocenters. The topological polar surface area (TPSA) is 35.2 Å². The van der Waals surface area contributed by atoms with Crippen molar-refractivity contribution in [1.82, 2.24) is 0 Å². The maximum Gasteiger partial charge on any atom is 0.122 e. The van der Waals surface area contributed by atoms with Gasteiger partial charge < -0.3 is 10.5 Å². The molecule has 98 valence electrons. The van der Waals surface area contributed by atoms with Crippen molar-refractivity contribution in [2.45, 2.75) is 26.2 Å². The molecule has 0 heterocycles. The second-order valence-electron chi connectivity index (χ2n) is 5.39. The van der Waals surface area contributed by atoms with Gasteiger partial charge in [-0.2, -0.15) is 0 Å². The first kappa shape index (κ1) is 12.1. The number of fused-ring (bicyclic) bond motifs is 1. The van der Waals surface area contributed by atoms with Gasteiger partial charge in [0.15, 0.2) is 0 Å². The fraction of sp³-hybridized carbons (Fsp3) is 0.294. The van der Waals surface area contributed by atoms with Crippen LogP contribution >= 0.6 is 0 Å². The van der Waals surface area contributed by atoms with Gasteiger partial charge in [-0.25, -0.2) is 0 Å². The van der Waals surface area contributed by atoms with Crippen molar-refractivity contribution in [3.63, 3.8) is 0 Å². The summed E-state index contributed by atoms with van der Waals surface area (Å²) < 4.78 is 5.98. The van der Waals surface area contributed by atoms with E-state index in [0.717, 1.165) is 35.6 Å². The van der Waals surface area contributed by atoms with E-state index in [9.17, 15) is 0 Å². The van der Waals surface area contributed by atoms with E-state index in [4.69, 9.17) is 10.5 Å². The molecule has 0 saturated heterocycles. The number of nitrogen functional groups attached to an aromatic ring is 1. The second-order valence-corrected chi connectivity index (χ2v) is 5.39. The van der Waals surface area contributed by atoms with E-state index in [1.165, 1.54) is 11.1 Å². The molecule has 19 heavy (non-hydrogen) atoms. The highest BCUT2D eigenvalue weighted by molar-refractivity contribution is 5.53. The molecule has 1 aliphatic rings. The predicted octanol–water partition coefficient (Wildman–Crippen LogP) is 3.60. The lowest BCUT2D eigenvalue weighted by atomic mass is 9.78. The van der Waals surface area contributed by atoms with E-state index in [1.807, 2.05) is 26.0 Å². The zero-order valence-electron chi connectivity index (χ0n) is 11.4. The zero-order valence-corrected chi connectivity index (χ0v) is 11.4. The van der Waals surface area contributed by atoms with E-state index in [0.29, 0.717) is 5.92 Å². The molecule has 0 radical (unpaired) electrons. The largest absolute Gasteiger partial charge is 0.493 e. The van der Waals surface area contributed by atoms with Crippen LogP contribution < -0.4 is 10.5 Å². The molecule has 1 aliphatic carbocycles. The molecule has 0 spiro atoms. The summed E-state index contributed by atoms with van der Waals surface area (Å²) in [5.74, 6) is 1.49. The van der Waals surface area contributed by atoms with Crippen molar-refractivity contribution in [2.75, 3.05) is 12.3 Å². The van der Waals surface area contributed by atoms with Crippen LogP contribution in [0.1, 0.15) is 28.2 Å². The third-order valence-electron chi connectivity index (χ3n) is 3.96. The predicted molar refractivity (Wildman–Crippen MR) is 78.7 cm³/mol. The van der Waals surface area contributed by atoms with Crippen molar-refractivity contribution >= 4 is 5.69 Å². The molecule has 0 bridgehead atoms. The van der Waals surface area contributed by atoms with Crippen LogP contribution in [0.2, 0.25) is 0 Å². The minimum absolute atomic E-state index is 0.536. The van der Waals surface area contributed by atoms with Crippen LogP contribution in [0.3, 0.4) is 0 Å². The van der Waals surface area contributed by atoms with Crippen LogP contribution in [-0.2, 0) is 6.42 Å². The molecule has 0 aromatic heterocycles. The van der Waals surface area contributed by atoms with Crippen LogP contribution in [0.4, 0.5) is 5.69 Å². The van der Waals surface area contributed by atoms with Crippen LogP contribution in [0.25, 0.3) is 0 Å². The minimum atomic E-state index is 0.536. The minimum Gasteiger partial charge on any atom is -0.493 e. The van der Waals surface area contributed by atoms with Crippen molar-refractivity contribution < 1.29 is 4.74 Å². The lowest BCUT2D eigenvalue weighted by Gasteiger charge is -2.30. The van der Waals surface area contributed by atoms with Crippen molar-refractivity contribution in [1.29, 1.82) is 0 Å². The number of ether oxygens (including phenoxy) is 1. The number of hydrogen-bond donors (Lipinski definition) is 1. The summed E-state index contributed by atoms with van der Waals surface area (Å²) in [4.78, 5) is 0. The third kappa shape index (κ3) is 2.19. The summed E-state index contributed by atoms with van der Waals surface area (Å²) >= 11 is 0. The molecular weight excluding hydrogens is 234 g/mol. The highest BCUT2D eigenvalue weighted by atomic mass is 16.5. The molecule has 2 nitrogen and oxygen atoms in total. The Balaban J connectivity index is 1.70. The average molecular weight is 253 g/mol. The van der Waals surface area contributed by atoms with Gasteiger partial charge in [0, 0.05) is 11.6 Å². The number of nitrogens with two attached hydrogens (primary N) is 1. The summed E-state index contributed by atoms with van der Waals surface area (Å²) in [5.41, 5.74) is 11.8. The van der Waals surface area contributed by atoms with Crippen molar-refractivity contribution in [3.05, 3.63) is 58.7 Å². The van der Waals surface area contributed by atoms with Gasteiger partial charge in [-0.15, -0.1) is 0 Å². The summed E-state index contributed by atoms with van der Waals surface area (Å²) in [6, 6.07) is 12.6. The maximum absolute atomic E-state index is 5.98. The molecule has 2 N–H and O–H groups in total. The number of hydrogen-bond acceptors (Lipinski definition) is 2. The Bertz CT molecular complexity index is 619. The highest BCUT2D eigenvalue weighted by Gasteiger charge is 2.25. The number of benzene rings is 2. The molecule has 2 heteroatoms. The monoisotopic (exact) mass is 253 g/mol. The normalized spacial score (nSPS) is 16.6. The summed E-state index contributed by atoms with van der Waals surface area (Å²) in [5, 5.41) is 0. The Morgan fingerprint density at radius 2 is 1.95 bits per heavy atom. The average Bonchev–Trinajstić information content (AvgIpc) is 2.36. The first-order valence-electron chi connectivity index (χ1n) is 6.72. The van der Waals surface area contributed by atoms with Gasteiger partial charge in [0.2, 0.25) is 0 Å². The van der Waals surface area contributed by atoms with Gasteiger partial charge in [-0.3, -0.25) is 0 Å². The molecular formula is C17H19NO. The van der Waals surface area contributed by atoms with Crippen LogP contribution in [0.15, 0.2) is 36.4 Å². The summed E-state index contributed by atoms with van der Waals surface area (Å²) in [7, 11) is 0. The van der Waals surface area contributed by atoms with Crippen LogP contribution in [0, 0.1) is 13.8 Å². The fourth-order valence-corrected chi connectivity index (χ4v) is 2.67. The van der Waals surface area contributed by atoms with E-state index < -0.39 is 0 Å². The number of aryl methyl sites for hydroxylation is 2. The Morgan fingerprint density at radius 1 is 1.16 bits per heavy atom. The van der Waals surface area contributed by atoms with E-state index in [2.05, 4.69) is 24.3 Å². The summed E-state index contributed by atoms with van der Waals surface area (Å²) in [6.45, 7) is 4.81. The lowest BCUT2D eigenvalue weighted by molar-refractivity contribution is 0.273. The fourth-order valence-electron chi connectivity index (χ4n) is 2.67. The third-order valence-corrected chi connectivity index (χ3v) is 3.96. The number of rotatable bonds is 3. The van der Waals surface area contributed by atoms with Crippen LogP contribution in [-0.4, -0.2) is 6.61 Å². The number of anilines is 1. The van der Waals surface area contributed by atoms with Gasteiger partial charge in [0.25, 0.3) is 0 Å². The maximum atomic E-state index is 5.98. The summed E-state index contributed by atoms with van der Waals surface area (Å²) in [6.07, 6.45) is 1.13. The lowest BCUT2D eigenvalue weighted by Crippen LogP contribution is -2.23. The second kappa shape index (κ2) is 4.61. The Labute approximate surface area is 114 Å². The first-order valence-corrected chi connectivity index (χ1v) is 6.72. The molecule has 0 aliphatic heterocycles. The molecule has 2 aromatic carbocycles. The smallest absolute Gasteiger partial charge is 0.122 e.